The Bertz CT molecular complexity index is 1200. The molecule has 0 bridgehead atoms. The highest BCUT2D eigenvalue weighted by molar-refractivity contribution is 6.05. The molecule has 31 heavy (non-hydrogen) atoms. The minimum Gasteiger partial charge on any atom is -0.327 e. The molecular formula is C24H20F3N3O. The zero-order valence-electron chi connectivity index (χ0n) is 16.7. The van der Waals surface area contributed by atoms with Crippen LogP contribution in [-0.2, 0) is 17.5 Å². The van der Waals surface area contributed by atoms with E-state index in [1.165, 1.54) is 6.07 Å². The van der Waals surface area contributed by atoms with Crippen LogP contribution in [0.25, 0.3) is 17.1 Å². The summed E-state index contributed by atoms with van der Waals surface area (Å²) in [6.07, 6.45) is 4.02. The van der Waals surface area contributed by atoms with Crippen molar-refractivity contribution in [3.05, 3.63) is 71.1 Å². The summed E-state index contributed by atoms with van der Waals surface area (Å²) in [6, 6.07) is 10.7. The van der Waals surface area contributed by atoms with Gasteiger partial charge in [-0.25, -0.2) is 4.98 Å². The molecule has 2 heterocycles. The van der Waals surface area contributed by atoms with Crippen molar-refractivity contribution in [2.24, 2.45) is 5.92 Å². The summed E-state index contributed by atoms with van der Waals surface area (Å²) < 4.78 is 40.9. The van der Waals surface area contributed by atoms with E-state index < -0.39 is 11.7 Å². The number of nitrogens with zero attached hydrogens (tertiary/aromatic N) is 3. The van der Waals surface area contributed by atoms with Gasteiger partial charge in [0.2, 0.25) is 0 Å². The normalized spacial score (nSPS) is 15.0. The van der Waals surface area contributed by atoms with E-state index in [1.54, 1.807) is 35.2 Å². The van der Waals surface area contributed by atoms with Gasteiger partial charge < -0.3 is 4.57 Å². The second kappa shape index (κ2) is 8.38. The van der Waals surface area contributed by atoms with Crippen molar-refractivity contribution in [1.82, 2.24) is 9.55 Å². The highest BCUT2D eigenvalue weighted by Crippen LogP contribution is 2.32. The summed E-state index contributed by atoms with van der Waals surface area (Å²) in [6.45, 7) is 0.184. The van der Waals surface area contributed by atoms with Crippen LogP contribution in [0.15, 0.2) is 54.4 Å². The van der Waals surface area contributed by atoms with Crippen molar-refractivity contribution < 1.29 is 18.0 Å². The van der Waals surface area contributed by atoms with Gasteiger partial charge in [-0.2, -0.15) is 18.4 Å². The summed E-state index contributed by atoms with van der Waals surface area (Å²) >= 11 is 0. The van der Waals surface area contributed by atoms with Crippen LogP contribution >= 0.6 is 0 Å². The summed E-state index contributed by atoms with van der Waals surface area (Å²) in [5.41, 5.74) is 1.09. The maximum Gasteiger partial charge on any atom is 0.416 e. The standard InChI is InChI=1S/C24H20F3N3O/c25-24(26,27)20-7-2-6-17(10-20)14-30-15-19(21-8-3-9-29-23(21)30)12-18(13-28)22(31)11-16-4-1-5-16/h2-3,6-10,12,15-16H,1,4-5,11,14H2/b18-12+. The Morgan fingerprint density at radius 3 is 2.74 bits per heavy atom. The number of halogens is 3. The number of nitriles is 1. The van der Waals surface area contributed by atoms with Crippen molar-refractivity contribution in [2.45, 2.75) is 38.4 Å². The molecule has 0 unspecified atom stereocenters. The number of benzene rings is 1. The number of allylic oxidation sites excluding steroid dienone is 1. The van der Waals surface area contributed by atoms with E-state index in [0.717, 1.165) is 36.8 Å². The number of ketones is 1. The van der Waals surface area contributed by atoms with E-state index in [2.05, 4.69) is 4.98 Å². The predicted molar refractivity (Wildman–Crippen MR) is 111 cm³/mol. The van der Waals surface area contributed by atoms with E-state index in [1.807, 2.05) is 12.1 Å². The second-order valence-electron chi connectivity index (χ2n) is 7.88. The molecule has 0 amide bonds. The second-order valence-corrected chi connectivity index (χ2v) is 7.88. The molecule has 0 atom stereocenters. The van der Waals surface area contributed by atoms with E-state index in [4.69, 9.17) is 0 Å². The zero-order chi connectivity index (χ0) is 22.0. The smallest absolute Gasteiger partial charge is 0.327 e. The first-order valence-electron chi connectivity index (χ1n) is 10.1. The van der Waals surface area contributed by atoms with Crippen LogP contribution in [0.3, 0.4) is 0 Å². The fourth-order valence-electron chi connectivity index (χ4n) is 3.83. The summed E-state index contributed by atoms with van der Waals surface area (Å²) in [4.78, 5) is 16.9. The molecule has 0 radical (unpaired) electrons. The molecule has 4 nitrogen and oxygen atoms in total. The molecule has 3 aromatic rings. The molecule has 2 aromatic heterocycles. The third-order valence-corrected chi connectivity index (χ3v) is 5.69. The number of pyridine rings is 1. The molecule has 0 aliphatic heterocycles. The number of hydrogen-bond acceptors (Lipinski definition) is 3. The predicted octanol–water partition coefficient (Wildman–Crippen LogP) is 5.77. The third kappa shape index (κ3) is 4.53. The third-order valence-electron chi connectivity index (χ3n) is 5.69. The Kier molecular flexibility index (Phi) is 5.64. The van der Waals surface area contributed by atoms with Gasteiger partial charge in [-0.1, -0.05) is 31.4 Å². The quantitative estimate of drug-likeness (QED) is 0.374. The minimum absolute atomic E-state index is 0.0915. The Morgan fingerprint density at radius 1 is 1.26 bits per heavy atom. The number of hydrogen-bond donors (Lipinski definition) is 0. The fraction of sp³-hybridized carbons (Fsp3) is 0.292. The van der Waals surface area contributed by atoms with E-state index >= 15 is 0 Å². The van der Waals surface area contributed by atoms with Gasteiger partial charge in [0.1, 0.15) is 11.7 Å². The molecule has 1 aromatic carbocycles. The maximum absolute atomic E-state index is 13.1. The van der Waals surface area contributed by atoms with Gasteiger partial charge in [0.05, 0.1) is 11.1 Å². The number of carbonyl (C=O) groups is 1. The number of alkyl halides is 3. The molecule has 0 spiro atoms. The van der Waals surface area contributed by atoms with E-state index in [9.17, 15) is 23.2 Å². The van der Waals surface area contributed by atoms with Gasteiger partial charge in [-0.3, -0.25) is 4.79 Å². The molecular weight excluding hydrogens is 403 g/mol. The number of Topliss-reactive ketones (excluding diaryl/α,β-unsaturated/α-hetero) is 1. The van der Waals surface area contributed by atoms with Crippen LogP contribution in [-0.4, -0.2) is 15.3 Å². The summed E-state index contributed by atoms with van der Waals surface area (Å²) in [5.74, 6) is 0.183. The van der Waals surface area contributed by atoms with Crippen molar-refractivity contribution >= 4 is 22.9 Å². The molecule has 1 fully saturated rings. The van der Waals surface area contributed by atoms with Gasteiger partial charge in [0, 0.05) is 36.3 Å². The lowest BCUT2D eigenvalue weighted by atomic mass is 9.81. The number of aromatic nitrogens is 2. The monoisotopic (exact) mass is 423 g/mol. The fourth-order valence-corrected chi connectivity index (χ4v) is 3.83. The van der Waals surface area contributed by atoms with Gasteiger partial charge in [0.15, 0.2) is 5.78 Å². The molecule has 0 saturated heterocycles. The first-order chi connectivity index (χ1) is 14.8. The Hall–Kier alpha value is -3.40. The molecule has 4 rings (SSSR count). The van der Waals surface area contributed by atoms with E-state index in [-0.39, 0.29) is 17.9 Å². The molecule has 158 valence electrons. The first-order valence-corrected chi connectivity index (χ1v) is 10.1. The molecule has 1 aliphatic carbocycles. The highest BCUT2D eigenvalue weighted by Gasteiger charge is 2.30. The maximum atomic E-state index is 13.1. The van der Waals surface area contributed by atoms with Gasteiger partial charge in [-0.05, 0) is 41.8 Å². The Morgan fingerprint density at radius 2 is 2.06 bits per heavy atom. The van der Waals surface area contributed by atoms with Crippen molar-refractivity contribution in [3.63, 3.8) is 0 Å². The average molecular weight is 423 g/mol. The molecule has 1 aliphatic rings. The number of fused-ring (bicyclic) bond motifs is 1. The van der Waals surface area contributed by atoms with Crippen LogP contribution < -0.4 is 0 Å². The zero-order valence-corrected chi connectivity index (χ0v) is 16.7. The molecule has 0 N–H and O–H groups in total. The van der Waals surface area contributed by atoms with Gasteiger partial charge >= 0.3 is 6.18 Å². The van der Waals surface area contributed by atoms with Gasteiger partial charge in [0.25, 0.3) is 0 Å². The lowest BCUT2D eigenvalue weighted by molar-refractivity contribution is -0.137. The number of rotatable bonds is 6. The van der Waals surface area contributed by atoms with Crippen LogP contribution in [0.1, 0.15) is 42.4 Å². The van der Waals surface area contributed by atoms with Crippen molar-refractivity contribution in [3.8, 4) is 6.07 Å². The lowest BCUT2D eigenvalue weighted by Crippen LogP contribution is -2.16. The molecule has 1 saturated carbocycles. The summed E-state index contributed by atoms with van der Waals surface area (Å²) in [7, 11) is 0. The molecule has 7 heteroatoms. The van der Waals surface area contributed by atoms with Crippen molar-refractivity contribution in [1.29, 1.82) is 5.26 Å². The number of carbonyl (C=O) groups excluding carboxylic acids is 1. The van der Waals surface area contributed by atoms with Crippen LogP contribution in [0.2, 0.25) is 0 Å². The first kappa shape index (κ1) is 20.9. The van der Waals surface area contributed by atoms with Crippen LogP contribution in [0.5, 0.6) is 0 Å². The SMILES string of the molecule is N#C/C(=C\c1cn(Cc2cccc(C(F)(F)F)c2)c2ncccc12)C(=O)CC1CCC1. The van der Waals surface area contributed by atoms with Gasteiger partial charge in [-0.15, -0.1) is 0 Å². The average Bonchev–Trinajstić information content (AvgIpc) is 3.05. The van der Waals surface area contributed by atoms with Crippen LogP contribution in [0, 0.1) is 17.2 Å². The Labute approximate surface area is 177 Å². The minimum atomic E-state index is -4.41. The Balaban J connectivity index is 1.68. The van der Waals surface area contributed by atoms with Crippen molar-refractivity contribution in [2.75, 3.05) is 0 Å². The highest BCUT2D eigenvalue weighted by atomic mass is 19.4. The van der Waals surface area contributed by atoms with E-state index in [0.29, 0.717) is 29.1 Å². The lowest BCUT2D eigenvalue weighted by Gasteiger charge is -2.24. The topological polar surface area (TPSA) is 58.7 Å². The van der Waals surface area contributed by atoms with Crippen LogP contribution in [0.4, 0.5) is 13.2 Å². The largest absolute Gasteiger partial charge is 0.416 e. The summed E-state index contributed by atoms with van der Waals surface area (Å²) in [5, 5.41) is 10.2.